The standard InChI is InChI=1S/C9H15N5S/c1-3-5-11-8(10)13-7-4-6-12-9(14-7)15-2/h4,6H,3,5H2,1-2H3,(H3,10,11,12,13,14). The van der Waals surface area contributed by atoms with Gasteiger partial charge in [0.15, 0.2) is 11.1 Å². The Morgan fingerprint density at radius 3 is 3.13 bits per heavy atom. The summed E-state index contributed by atoms with van der Waals surface area (Å²) in [7, 11) is 0. The van der Waals surface area contributed by atoms with E-state index in [1.54, 1.807) is 12.3 Å². The molecule has 0 aromatic carbocycles. The molecule has 3 N–H and O–H groups in total. The summed E-state index contributed by atoms with van der Waals surface area (Å²) in [6.45, 7) is 2.77. The van der Waals surface area contributed by atoms with Crippen molar-refractivity contribution in [3.8, 4) is 0 Å². The predicted molar refractivity (Wildman–Crippen MR) is 64.2 cm³/mol. The molecule has 1 aromatic heterocycles. The quantitative estimate of drug-likeness (QED) is 0.350. The van der Waals surface area contributed by atoms with Gasteiger partial charge in [0, 0.05) is 12.7 Å². The maximum absolute atomic E-state index is 5.65. The van der Waals surface area contributed by atoms with Gasteiger partial charge in [0.1, 0.15) is 5.82 Å². The zero-order valence-corrected chi connectivity index (χ0v) is 9.71. The zero-order valence-electron chi connectivity index (χ0n) is 8.90. The Morgan fingerprint density at radius 2 is 2.47 bits per heavy atom. The second-order valence-electron chi connectivity index (χ2n) is 2.82. The first-order valence-electron chi connectivity index (χ1n) is 4.70. The van der Waals surface area contributed by atoms with E-state index in [1.165, 1.54) is 11.8 Å². The van der Waals surface area contributed by atoms with E-state index < -0.39 is 0 Å². The summed E-state index contributed by atoms with van der Waals surface area (Å²) < 4.78 is 0. The fourth-order valence-corrected chi connectivity index (χ4v) is 1.27. The van der Waals surface area contributed by atoms with Crippen molar-refractivity contribution in [1.29, 1.82) is 0 Å². The molecule has 0 aliphatic carbocycles. The first-order valence-corrected chi connectivity index (χ1v) is 5.92. The van der Waals surface area contributed by atoms with Crippen LogP contribution in [0, 0.1) is 0 Å². The molecule has 1 aromatic rings. The number of aromatic nitrogens is 2. The molecule has 0 amide bonds. The molecule has 0 saturated carbocycles. The second kappa shape index (κ2) is 6.23. The lowest BCUT2D eigenvalue weighted by atomic mass is 10.5. The molecule has 15 heavy (non-hydrogen) atoms. The van der Waals surface area contributed by atoms with Crippen LogP contribution in [-0.4, -0.2) is 28.7 Å². The summed E-state index contributed by atoms with van der Waals surface area (Å²) in [5.41, 5.74) is 5.65. The van der Waals surface area contributed by atoms with Crippen molar-refractivity contribution in [3.05, 3.63) is 12.3 Å². The Kier molecular flexibility index (Phi) is 4.89. The second-order valence-corrected chi connectivity index (χ2v) is 3.59. The Balaban J connectivity index is 2.63. The molecule has 5 nitrogen and oxygen atoms in total. The van der Waals surface area contributed by atoms with Crippen molar-refractivity contribution in [2.45, 2.75) is 18.5 Å². The highest BCUT2D eigenvalue weighted by Crippen LogP contribution is 2.10. The van der Waals surface area contributed by atoms with Crippen molar-refractivity contribution in [2.75, 3.05) is 18.1 Å². The van der Waals surface area contributed by atoms with Gasteiger partial charge in [-0.25, -0.2) is 9.97 Å². The minimum atomic E-state index is 0.391. The smallest absolute Gasteiger partial charge is 0.194 e. The monoisotopic (exact) mass is 225 g/mol. The molecule has 0 aliphatic rings. The lowest BCUT2D eigenvalue weighted by Crippen LogP contribution is -2.23. The van der Waals surface area contributed by atoms with E-state index in [0.717, 1.165) is 13.0 Å². The molecular weight excluding hydrogens is 210 g/mol. The third-order valence-electron chi connectivity index (χ3n) is 1.58. The van der Waals surface area contributed by atoms with Gasteiger partial charge < -0.3 is 11.1 Å². The minimum absolute atomic E-state index is 0.391. The Morgan fingerprint density at radius 1 is 1.67 bits per heavy atom. The molecule has 0 fully saturated rings. The Hall–Kier alpha value is -1.30. The Labute approximate surface area is 93.6 Å². The molecule has 0 unspecified atom stereocenters. The van der Waals surface area contributed by atoms with Crippen LogP contribution in [-0.2, 0) is 0 Å². The molecule has 1 rings (SSSR count). The van der Waals surface area contributed by atoms with Gasteiger partial charge in [0.2, 0.25) is 0 Å². The summed E-state index contributed by atoms with van der Waals surface area (Å²) in [5.74, 6) is 1.06. The number of guanidine groups is 1. The van der Waals surface area contributed by atoms with Crippen molar-refractivity contribution in [2.24, 2.45) is 10.7 Å². The van der Waals surface area contributed by atoms with E-state index in [2.05, 4.69) is 20.3 Å². The van der Waals surface area contributed by atoms with E-state index in [9.17, 15) is 0 Å². The predicted octanol–water partition coefficient (Wildman–Crippen LogP) is 1.34. The first-order chi connectivity index (χ1) is 7.26. The van der Waals surface area contributed by atoms with Crippen molar-refractivity contribution in [1.82, 2.24) is 9.97 Å². The molecule has 0 spiro atoms. The fraction of sp³-hybridized carbons (Fsp3) is 0.444. The van der Waals surface area contributed by atoms with Crippen LogP contribution in [0.4, 0.5) is 5.82 Å². The number of hydrogen-bond acceptors (Lipinski definition) is 4. The van der Waals surface area contributed by atoms with Crippen LogP contribution < -0.4 is 11.1 Å². The number of anilines is 1. The van der Waals surface area contributed by atoms with Crippen LogP contribution in [0.3, 0.4) is 0 Å². The fourth-order valence-electron chi connectivity index (χ4n) is 0.912. The van der Waals surface area contributed by atoms with Gasteiger partial charge in [-0.3, -0.25) is 4.99 Å². The van der Waals surface area contributed by atoms with Crippen LogP contribution in [0.15, 0.2) is 22.4 Å². The third kappa shape index (κ3) is 4.16. The lowest BCUT2D eigenvalue weighted by Gasteiger charge is -2.04. The van der Waals surface area contributed by atoms with Gasteiger partial charge in [-0.15, -0.1) is 0 Å². The van der Waals surface area contributed by atoms with Gasteiger partial charge in [-0.2, -0.15) is 0 Å². The first kappa shape index (κ1) is 11.8. The molecule has 1 heterocycles. The molecule has 0 atom stereocenters. The number of aliphatic imine (C=N–C) groups is 1. The number of hydrogen-bond donors (Lipinski definition) is 2. The average Bonchev–Trinajstić information content (AvgIpc) is 2.26. The molecule has 0 saturated heterocycles. The number of nitrogens with two attached hydrogens (primary N) is 1. The summed E-state index contributed by atoms with van der Waals surface area (Å²) >= 11 is 1.49. The summed E-state index contributed by atoms with van der Waals surface area (Å²) in [4.78, 5) is 12.4. The number of rotatable bonds is 4. The summed E-state index contributed by atoms with van der Waals surface area (Å²) in [6.07, 6.45) is 4.59. The van der Waals surface area contributed by atoms with Crippen molar-refractivity contribution < 1.29 is 0 Å². The normalized spacial score (nSPS) is 11.5. The SMILES string of the molecule is CCC/N=C(/N)Nc1ccnc(SC)n1. The third-order valence-corrected chi connectivity index (χ3v) is 2.14. The minimum Gasteiger partial charge on any atom is -0.370 e. The number of nitrogens with zero attached hydrogens (tertiary/aromatic N) is 3. The maximum atomic E-state index is 5.65. The molecular formula is C9H15N5S. The van der Waals surface area contributed by atoms with Gasteiger partial charge in [0.05, 0.1) is 0 Å². The van der Waals surface area contributed by atoms with Crippen LogP contribution in [0.2, 0.25) is 0 Å². The molecule has 0 aliphatic heterocycles. The van der Waals surface area contributed by atoms with Crippen molar-refractivity contribution >= 4 is 23.5 Å². The van der Waals surface area contributed by atoms with E-state index in [0.29, 0.717) is 16.9 Å². The van der Waals surface area contributed by atoms with Gasteiger partial charge >= 0.3 is 0 Å². The zero-order chi connectivity index (χ0) is 11.1. The van der Waals surface area contributed by atoms with E-state index >= 15 is 0 Å². The average molecular weight is 225 g/mol. The molecule has 0 bridgehead atoms. The molecule has 6 heteroatoms. The highest BCUT2D eigenvalue weighted by Gasteiger charge is 1.98. The number of nitrogens with one attached hydrogen (secondary N) is 1. The van der Waals surface area contributed by atoms with Crippen molar-refractivity contribution in [3.63, 3.8) is 0 Å². The lowest BCUT2D eigenvalue weighted by molar-refractivity contribution is 0.927. The van der Waals surface area contributed by atoms with Crippen LogP contribution >= 0.6 is 11.8 Å². The Bertz CT molecular complexity index is 339. The van der Waals surface area contributed by atoms with Gasteiger partial charge in [0.25, 0.3) is 0 Å². The largest absolute Gasteiger partial charge is 0.370 e. The van der Waals surface area contributed by atoms with Crippen LogP contribution in [0.1, 0.15) is 13.3 Å². The summed E-state index contributed by atoms with van der Waals surface area (Å²) in [5, 5.41) is 3.63. The highest BCUT2D eigenvalue weighted by molar-refractivity contribution is 7.98. The summed E-state index contributed by atoms with van der Waals surface area (Å²) in [6, 6.07) is 1.76. The van der Waals surface area contributed by atoms with Crippen LogP contribution in [0.25, 0.3) is 0 Å². The van der Waals surface area contributed by atoms with E-state index in [4.69, 9.17) is 5.73 Å². The van der Waals surface area contributed by atoms with Crippen LogP contribution in [0.5, 0.6) is 0 Å². The van der Waals surface area contributed by atoms with Gasteiger partial charge in [-0.1, -0.05) is 18.7 Å². The maximum Gasteiger partial charge on any atom is 0.194 e. The van der Waals surface area contributed by atoms with E-state index in [-0.39, 0.29) is 0 Å². The van der Waals surface area contributed by atoms with E-state index in [1.807, 2.05) is 13.2 Å². The molecule has 0 radical (unpaired) electrons. The molecule has 82 valence electrons. The van der Waals surface area contributed by atoms with Gasteiger partial charge in [-0.05, 0) is 18.7 Å². The number of thioether (sulfide) groups is 1. The topological polar surface area (TPSA) is 76.2 Å². The highest BCUT2D eigenvalue weighted by atomic mass is 32.2.